The summed E-state index contributed by atoms with van der Waals surface area (Å²) in [6.45, 7) is 6.77. The zero-order chi connectivity index (χ0) is 27.2. The van der Waals surface area contributed by atoms with E-state index >= 15 is 0 Å². The molecule has 1 aromatic carbocycles. The van der Waals surface area contributed by atoms with Crippen molar-refractivity contribution in [1.82, 2.24) is 0 Å². The van der Waals surface area contributed by atoms with Crippen LogP contribution in [0.25, 0.3) is 0 Å². The summed E-state index contributed by atoms with van der Waals surface area (Å²) in [6.07, 6.45) is 29.3. The Morgan fingerprint density at radius 1 is 0.486 bits per heavy atom. The first-order chi connectivity index (χ1) is 18.0. The molecule has 0 aliphatic heterocycles. The van der Waals surface area contributed by atoms with E-state index in [9.17, 15) is 14.4 Å². The Balaban J connectivity index is 2.89. The lowest BCUT2D eigenvalue weighted by atomic mass is 9.90. The molecular formula is C33H61O3P. The summed E-state index contributed by atoms with van der Waals surface area (Å²) < 4.78 is 12.5. The first kappa shape index (κ1) is 34.4. The lowest BCUT2D eigenvalue weighted by Gasteiger charge is -2.20. The SMILES string of the molecule is CCCCCCCCCc1ccc(P(=O)(O)O)c(CCCCCCCCC)c1CCCCCCCCC. The summed E-state index contributed by atoms with van der Waals surface area (Å²) in [7, 11) is -4.28. The van der Waals surface area contributed by atoms with Gasteiger partial charge in [0.15, 0.2) is 0 Å². The minimum Gasteiger partial charge on any atom is -0.321 e. The molecule has 216 valence electrons. The lowest BCUT2D eigenvalue weighted by Crippen LogP contribution is -2.17. The summed E-state index contributed by atoms with van der Waals surface area (Å²) in [5.74, 6) is 0. The van der Waals surface area contributed by atoms with Gasteiger partial charge in [0.2, 0.25) is 0 Å². The van der Waals surface area contributed by atoms with Crippen molar-refractivity contribution in [1.29, 1.82) is 0 Å². The van der Waals surface area contributed by atoms with Crippen molar-refractivity contribution in [2.75, 3.05) is 0 Å². The van der Waals surface area contributed by atoms with Gasteiger partial charge in [-0.15, -0.1) is 0 Å². The van der Waals surface area contributed by atoms with Gasteiger partial charge < -0.3 is 9.79 Å². The van der Waals surface area contributed by atoms with E-state index in [1.165, 1.54) is 127 Å². The van der Waals surface area contributed by atoms with Crippen LogP contribution in [0.1, 0.15) is 172 Å². The molecule has 0 radical (unpaired) electrons. The van der Waals surface area contributed by atoms with Crippen LogP contribution in [0, 0.1) is 0 Å². The monoisotopic (exact) mass is 536 g/mol. The van der Waals surface area contributed by atoms with Gasteiger partial charge in [-0.25, -0.2) is 0 Å². The van der Waals surface area contributed by atoms with Crippen molar-refractivity contribution in [3.8, 4) is 0 Å². The lowest BCUT2D eigenvalue weighted by molar-refractivity contribution is 0.387. The number of benzene rings is 1. The Kier molecular flexibility index (Phi) is 20.7. The van der Waals surface area contributed by atoms with E-state index in [0.717, 1.165) is 44.1 Å². The van der Waals surface area contributed by atoms with Crippen molar-refractivity contribution in [3.05, 3.63) is 28.8 Å². The van der Waals surface area contributed by atoms with Crippen molar-refractivity contribution in [3.63, 3.8) is 0 Å². The van der Waals surface area contributed by atoms with Crippen molar-refractivity contribution in [2.24, 2.45) is 0 Å². The van der Waals surface area contributed by atoms with Gasteiger partial charge in [0.1, 0.15) is 0 Å². The third-order valence-electron chi connectivity index (χ3n) is 7.93. The Bertz CT molecular complexity index is 725. The third kappa shape index (κ3) is 16.2. The van der Waals surface area contributed by atoms with E-state index in [1.54, 1.807) is 6.07 Å². The summed E-state index contributed by atoms with van der Waals surface area (Å²) in [6, 6.07) is 3.82. The number of rotatable bonds is 25. The zero-order valence-corrected chi connectivity index (χ0v) is 25.8. The van der Waals surface area contributed by atoms with Crippen LogP contribution in [0.15, 0.2) is 12.1 Å². The first-order valence-electron chi connectivity index (χ1n) is 16.1. The van der Waals surface area contributed by atoms with E-state index in [-0.39, 0.29) is 0 Å². The summed E-state index contributed by atoms with van der Waals surface area (Å²) >= 11 is 0. The number of aryl methyl sites for hydroxylation is 1. The number of unbranched alkanes of at least 4 members (excludes halogenated alkanes) is 18. The van der Waals surface area contributed by atoms with Crippen LogP contribution in [0.2, 0.25) is 0 Å². The first-order valence-corrected chi connectivity index (χ1v) is 17.8. The minimum absolute atomic E-state index is 0.305. The molecule has 0 aliphatic rings. The van der Waals surface area contributed by atoms with Crippen LogP contribution in [-0.4, -0.2) is 9.79 Å². The molecule has 0 aliphatic carbocycles. The highest BCUT2D eigenvalue weighted by atomic mass is 31.2. The van der Waals surface area contributed by atoms with Gasteiger partial charge >= 0.3 is 7.60 Å². The van der Waals surface area contributed by atoms with Crippen LogP contribution >= 0.6 is 7.60 Å². The van der Waals surface area contributed by atoms with Gasteiger partial charge in [0.25, 0.3) is 0 Å². The van der Waals surface area contributed by atoms with E-state index in [0.29, 0.717) is 5.30 Å². The van der Waals surface area contributed by atoms with Crippen molar-refractivity contribution >= 4 is 12.9 Å². The molecule has 0 amide bonds. The Morgan fingerprint density at radius 3 is 1.24 bits per heavy atom. The normalized spacial score (nSPS) is 11.9. The summed E-state index contributed by atoms with van der Waals surface area (Å²) in [4.78, 5) is 20.4. The van der Waals surface area contributed by atoms with Gasteiger partial charge in [-0.2, -0.15) is 0 Å². The molecule has 1 aromatic rings. The summed E-state index contributed by atoms with van der Waals surface area (Å²) in [5.41, 5.74) is 3.63. The molecule has 0 saturated heterocycles. The molecule has 0 bridgehead atoms. The van der Waals surface area contributed by atoms with Crippen molar-refractivity contribution in [2.45, 2.75) is 175 Å². The highest BCUT2D eigenvalue weighted by molar-refractivity contribution is 7.60. The molecular weight excluding hydrogens is 475 g/mol. The second-order valence-corrected chi connectivity index (χ2v) is 12.9. The smallest absolute Gasteiger partial charge is 0.321 e. The topological polar surface area (TPSA) is 57.5 Å². The van der Waals surface area contributed by atoms with Crippen LogP contribution in [0.3, 0.4) is 0 Å². The molecule has 3 nitrogen and oxygen atoms in total. The maximum atomic E-state index is 12.5. The van der Waals surface area contributed by atoms with Crippen LogP contribution in [0.5, 0.6) is 0 Å². The molecule has 4 heteroatoms. The predicted octanol–water partition coefficient (Wildman–Crippen LogP) is 10.4. The zero-order valence-electron chi connectivity index (χ0n) is 24.9. The van der Waals surface area contributed by atoms with Crippen LogP contribution in [-0.2, 0) is 23.8 Å². The molecule has 0 fully saturated rings. The maximum absolute atomic E-state index is 12.5. The molecule has 0 heterocycles. The third-order valence-corrected chi connectivity index (χ3v) is 8.97. The van der Waals surface area contributed by atoms with Crippen LogP contribution < -0.4 is 5.30 Å². The molecule has 0 atom stereocenters. The minimum atomic E-state index is -4.28. The standard InChI is InChI=1S/C33H61O3P/c1-4-7-10-13-16-19-22-25-30-28-29-33(37(34,35)36)32(27-24-21-18-15-12-9-6-3)31(30)26-23-20-17-14-11-8-5-2/h28-29H,4-27H2,1-3H3,(H2,34,35,36). The second kappa shape index (κ2) is 22.2. The van der Waals surface area contributed by atoms with E-state index in [2.05, 4.69) is 26.8 Å². The highest BCUT2D eigenvalue weighted by Gasteiger charge is 2.24. The molecule has 0 unspecified atom stereocenters. The Labute approximate surface area is 230 Å². The van der Waals surface area contributed by atoms with Crippen LogP contribution in [0.4, 0.5) is 0 Å². The van der Waals surface area contributed by atoms with E-state index < -0.39 is 7.60 Å². The molecule has 0 saturated carbocycles. The van der Waals surface area contributed by atoms with Gasteiger partial charge in [-0.05, 0) is 61.3 Å². The van der Waals surface area contributed by atoms with Gasteiger partial charge in [-0.3, -0.25) is 4.57 Å². The highest BCUT2D eigenvalue weighted by Crippen LogP contribution is 2.37. The predicted molar refractivity (Wildman–Crippen MR) is 163 cm³/mol. The molecule has 1 rings (SSSR count). The van der Waals surface area contributed by atoms with Gasteiger partial charge in [0, 0.05) is 0 Å². The van der Waals surface area contributed by atoms with Gasteiger partial charge in [0.05, 0.1) is 5.30 Å². The van der Waals surface area contributed by atoms with Crippen molar-refractivity contribution < 1.29 is 14.4 Å². The molecule has 0 spiro atoms. The second-order valence-electron chi connectivity index (χ2n) is 11.4. The average Bonchev–Trinajstić information content (AvgIpc) is 2.87. The number of hydrogen-bond donors (Lipinski definition) is 2. The average molecular weight is 537 g/mol. The molecule has 2 N–H and O–H groups in total. The Hall–Kier alpha value is -0.630. The Morgan fingerprint density at radius 2 is 0.838 bits per heavy atom. The maximum Gasteiger partial charge on any atom is 0.356 e. The van der Waals surface area contributed by atoms with Gasteiger partial charge in [-0.1, -0.05) is 142 Å². The van der Waals surface area contributed by atoms with E-state index in [1.807, 2.05) is 0 Å². The molecule has 37 heavy (non-hydrogen) atoms. The molecule has 0 aromatic heterocycles. The quantitative estimate of drug-likeness (QED) is 0.0965. The fraction of sp³-hybridized carbons (Fsp3) is 0.818. The largest absolute Gasteiger partial charge is 0.356 e. The summed E-state index contributed by atoms with van der Waals surface area (Å²) in [5, 5.41) is 0.305. The number of hydrogen-bond acceptors (Lipinski definition) is 1. The van der Waals surface area contributed by atoms with E-state index in [4.69, 9.17) is 0 Å². The fourth-order valence-corrected chi connectivity index (χ4v) is 6.48. The fourth-order valence-electron chi connectivity index (χ4n) is 5.62.